The number of amides is 2. The normalized spacial score (nSPS) is 25.5. The van der Waals surface area contributed by atoms with E-state index in [9.17, 15) is 9.59 Å². The number of para-hydroxylation sites is 1. The van der Waals surface area contributed by atoms with E-state index < -0.39 is 0 Å². The number of aromatic nitrogens is 2. The minimum Gasteiger partial charge on any atom is -0.276 e. The van der Waals surface area contributed by atoms with Crippen LogP contribution in [0.15, 0.2) is 36.4 Å². The van der Waals surface area contributed by atoms with Crippen LogP contribution in [-0.2, 0) is 9.59 Å². The van der Waals surface area contributed by atoms with E-state index in [2.05, 4.69) is 10.2 Å². The number of imide groups is 1. The Balaban J connectivity index is 1.83. The van der Waals surface area contributed by atoms with E-state index in [0.29, 0.717) is 18.7 Å². The van der Waals surface area contributed by atoms with Gasteiger partial charge in [0.05, 0.1) is 17.4 Å². The molecule has 2 atom stereocenters. The Morgan fingerprint density at radius 2 is 1.70 bits per heavy atom. The Morgan fingerprint density at radius 1 is 1.05 bits per heavy atom. The van der Waals surface area contributed by atoms with Gasteiger partial charge >= 0.3 is 0 Å². The molecular formula is C15H13N3O2. The van der Waals surface area contributed by atoms with Gasteiger partial charge in [0.25, 0.3) is 0 Å². The molecule has 1 saturated heterocycles. The minimum absolute atomic E-state index is 0.124. The van der Waals surface area contributed by atoms with Crippen molar-refractivity contribution in [1.82, 2.24) is 10.2 Å². The maximum Gasteiger partial charge on any atom is 0.239 e. The van der Waals surface area contributed by atoms with E-state index in [1.165, 1.54) is 4.90 Å². The zero-order valence-electron chi connectivity index (χ0n) is 10.7. The molecule has 0 spiro atoms. The first kappa shape index (κ1) is 11.4. The van der Waals surface area contributed by atoms with Crippen molar-refractivity contribution in [2.45, 2.75) is 12.8 Å². The highest BCUT2D eigenvalue weighted by molar-refractivity contribution is 6.24. The van der Waals surface area contributed by atoms with Gasteiger partial charge in [-0.25, -0.2) is 4.90 Å². The second-order valence-corrected chi connectivity index (χ2v) is 5.26. The number of anilines is 1. The molecule has 0 saturated carbocycles. The molecule has 2 aliphatic rings. The SMILES string of the molecule is O=C1[C@H]2CC=CC[C@H]2C(=O)N1c1n[nH]c2ccccc12. The van der Waals surface area contributed by atoms with E-state index in [1.54, 1.807) is 0 Å². The van der Waals surface area contributed by atoms with Gasteiger partial charge in [0, 0.05) is 5.39 Å². The summed E-state index contributed by atoms with van der Waals surface area (Å²) in [4.78, 5) is 26.3. The van der Waals surface area contributed by atoms with Crippen molar-refractivity contribution in [1.29, 1.82) is 0 Å². The van der Waals surface area contributed by atoms with Crippen molar-refractivity contribution < 1.29 is 9.59 Å². The molecule has 0 radical (unpaired) electrons. The van der Waals surface area contributed by atoms with E-state index in [4.69, 9.17) is 0 Å². The number of nitrogens with zero attached hydrogens (tertiary/aromatic N) is 2. The van der Waals surface area contributed by atoms with Crippen LogP contribution in [0.1, 0.15) is 12.8 Å². The number of hydrogen-bond donors (Lipinski definition) is 1. The number of aromatic amines is 1. The molecule has 1 aromatic heterocycles. The number of rotatable bonds is 1. The van der Waals surface area contributed by atoms with Crippen molar-refractivity contribution in [2.75, 3.05) is 4.90 Å². The molecule has 0 bridgehead atoms. The van der Waals surface area contributed by atoms with Crippen LogP contribution in [0, 0.1) is 11.8 Å². The van der Waals surface area contributed by atoms with Gasteiger partial charge in [0.2, 0.25) is 11.8 Å². The molecule has 1 fully saturated rings. The summed E-state index contributed by atoms with van der Waals surface area (Å²) < 4.78 is 0. The summed E-state index contributed by atoms with van der Waals surface area (Å²) in [7, 11) is 0. The Labute approximate surface area is 115 Å². The van der Waals surface area contributed by atoms with Gasteiger partial charge < -0.3 is 0 Å². The molecule has 1 aromatic carbocycles. The third-order valence-electron chi connectivity index (χ3n) is 4.17. The lowest BCUT2D eigenvalue weighted by Gasteiger charge is -2.14. The van der Waals surface area contributed by atoms with Crippen molar-refractivity contribution >= 4 is 28.5 Å². The summed E-state index contributed by atoms with van der Waals surface area (Å²) in [5, 5.41) is 7.86. The first-order chi connectivity index (χ1) is 9.77. The molecule has 1 aliphatic carbocycles. The van der Waals surface area contributed by atoms with Gasteiger partial charge in [-0.3, -0.25) is 14.7 Å². The highest BCUT2D eigenvalue weighted by atomic mass is 16.2. The standard InChI is InChI=1S/C15H13N3O2/c19-14-9-5-1-2-6-10(9)15(20)18(14)13-11-7-3-4-8-12(11)16-17-13/h1-4,7-10H,5-6H2,(H,16,17)/t9-,10+. The predicted molar refractivity (Wildman–Crippen MR) is 73.9 cm³/mol. The van der Waals surface area contributed by atoms with Crippen LogP contribution in [0.4, 0.5) is 5.82 Å². The van der Waals surface area contributed by atoms with Crippen molar-refractivity contribution in [2.24, 2.45) is 11.8 Å². The molecule has 1 aliphatic heterocycles. The van der Waals surface area contributed by atoms with Gasteiger partial charge in [-0.1, -0.05) is 24.3 Å². The number of carbonyl (C=O) groups excluding carboxylic acids is 2. The molecule has 0 unspecified atom stereocenters. The molecule has 2 amide bonds. The van der Waals surface area contributed by atoms with Gasteiger partial charge in [0.1, 0.15) is 0 Å². The third-order valence-corrected chi connectivity index (χ3v) is 4.17. The highest BCUT2D eigenvalue weighted by Crippen LogP contribution is 2.38. The van der Waals surface area contributed by atoms with Crippen LogP contribution < -0.4 is 4.90 Å². The van der Waals surface area contributed by atoms with Gasteiger partial charge in [-0.05, 0) is 25.0 Å². The maximum absolute atomic E-state index is 12.5. The summed E-state index contributed by atoms with van der Waals surface area (Å²) in [6.45, 7) is 0. The van der Waals surface area contributed by atoms with E-state index in [-0.39, 0.29) is 23.7 Å². The van der Waals surface area contributed by atoms with Crippen LogP contribution in [-0.4, -0.2) is 22.0 Å². The number of H-pyrrole nitrogens is 1. The number of fused-ring (bicyclic) bond motifs is 2. The van der Waals surface area contributed by atoms with Gasteiger partial charge in [0.15, 0.2) is 5.82 Å². The van der Waals surface area contributed by atoms with Crippen molar-refractivity contribution in [3.63, 3.8) is 0 Å². The first-order valence-electron chi connectivity index (χ1n) is 6.73. The Morgan fingerprint density at radius 3 is 2.40 bits per heavy atom. The zero-order valence-corrected chi connectivity index (χ0v) is 10.7. The summed E-state index contributed by atoms with van der Waals surface area (Å²) in [6.07, 6.45) is 5.26. The lowest BCUT2D eigenvalue weighted by molar-refractivity contribution is -0.122. The molecule has 4 rings (SSSR count). The van der Waals surface area contributed by atoms with Crippen LogP contribution in [0.25, 0.3) is 10.9 Å². The smallest absolute Gasteiger partial charge is 0.239 e. The van der Waals surface area contributed by atoms with Crippen molar-refractivity contribution in [3.8, 4) is 0 Å². The summed E-state index contributed by atoms with van der Waals surface area (Å²) in [5.41, 5.74) is 0.830. The number of nitrogens with one attached hydrogen (secondary N) is 1. The topological polar surface area (TPSA) is 66.1 Å². The highest BCUT2D eigenvalue weighted by Gasteiger charge is 2.48. The molecule has 5 nitrogen and oxygen atoms in total. The van der Waals surface area contributed by atoms with Crippen LogP contribution >= 0.6 is 0 Å². The van der Waals surface area contributed by atoms with Gasteiger partial charge in [-0.15, -0.1) is 0 Å². The largest absolute Gasteiger partial charge is 0.276 e. The molecule has 5 heteroatoms. The predicted octanol–water partition coefficient (Wildman–Crippen LogP) is 2.02. The monoisotopic (exact) mass is 267 g/mol. The third kappa shape index (κ3) is 1.40. The molecule has 100 valence electrons. The van der Waals surface area contributed by atoms with Crippen LogP contribution in [0.2, 0.25) is 0 Å². The Bertz CT molecular complexity index is 720. The first-order valence-corrected chi connectivity index (χ1v) is 6.73. The summed E-state index contributed by atoms with van der Waals surface area (Å²) in [5.74, 6) is -0.251. The fraction of sp³-hybridized carbons (Fsp3) is 0.267. The number of carbonyl (C=O) groups is 2. The molecular weight excluding hydrogens is 254 g/mol. The average Bonchev–Trinajstić information content (AvgIpc) is 3.01. The molecule has 2 aromatic rings. The Hall–Kier alpha value is -2.43. The minimum atomic E-state index is -0.219. The van der Waals surface area contributed by atoms with Crippen molar-refractivity contribution in [3.05, 3.63) is 36.4 Å². The Kier molecular flexibility index (Phi) is 2.30. The fourth-order valence-electron chi connectivity index (χ4n) is 3.13. The van der Waals surface area contributed by atoms with Crippen LogP contribution in [0.5, 0.6) is 0 Å². The lowest BCUT2D eigenvalue weighted by atomic mass is 9.85. The summed E-state index contributed by atoms with van der Waals surface area (Å²) >= 11 is 0. The quantitative estimate of drug-likeness (QED) is 0.635. The molecule has 1 N–H and O–H groups in total. The number of allylic oxidation sites excluding steroid dienone is 2. The molecule has 2 heterocycles. The van der Waals surface area contributed by atoms with Gasteiger partial charge in [-0.2, -0.15) is 5.10 Å². The number of benzene rings is 1. The average molecular weight is 267 g/mol. The van der Waals surface area contributed by atoms with E-state index >= 15 is 0 Å². The molecule has 20 heavy (non-hydrogen) atoms. The van der Waals surface area contributed by atoms with Crippen LogP contribution in [0.3, 0.4) is 0 Å². The van der Waals surface area contributed by atoms with E-state index in [1.807, 2.05) is 36.4 Å². The second-order valence-electron chi connectivity index (χ2n) is 5.26. The lowest BCUT2D eigenvalue weighted by Crippen LogP contribution is -2.31. The van der Waals surface area contributed by atoms with E-state index in [0.717, 1.165) is 10.9 Å². The maximum atomic E-state index is 12.5. The summed E-state index contributed by atoms with van der Waals surface area (Å²) in [6, 6.07) is 7.52. The zero-order chi connectivity index (χ0) is 13.7. The second kappa shape index (κ2) is 4.03. The fourth-order valence-corrected chi connectivity index (χ4v) is 3.13. The number of hydrogen-bond acceptors (Lipinski definition) is 3.